The minimum Gasteiger partial charge on any atom is -0.388 e. The van der Waals surface area contributed by atoms with Gasteiger partial charge in [0.05, 0.1) is 5.60 Å². The van der Waals surface area contributed by atoms with Gasteiger partial charge in [0.15, 0.2) is 0 Å². The Balaban J connectivity index is 1.92. The molecule has 0 radical (unpaired) electrons. The van der Waals surface area contributed by atoms with Crippen molar-refractivity contribution in [2.75, 3.05) is 6.54 Å². The third kappa shape index (κ3) is 4.45. The highest BCUT2D eigenvalue weighted by Gasteiger charge is 2.28. The number of hydrogen-bond donors (Lipinski definition) is 2. The maximum Gasteiger partial charge on any atom is 0.251 e. The van der Waals surface area contributed by atoms with Crippen molar-refractivity contribution in [1.82, 2.24) is 5.32 Å². The fraction of sp³-hybridized carbons (Fsp3) is 0.533. The number of amides is 1. The van der Waals surface area contributed by atoms with E-state index in [4.69, 9.17) is 0 Å². The Kier molecular flexibility index (Phi) is 5.21. The molecule has 3 nitrogen and oxygen atoms in total. The van der Waals surface area contributed by atoms with Gasteiger partial charge in [-0.05, 0) is 53.6 Å². The predicted molar refractivity (Wildman–Crippen MR) is 84.1 cm³/mol. The molecule has 1 amide bonds. The fourth-order valence-electron chi connectivity index (χ4n) is 2.54. The van der Waals surface area contributed by atoms with Crippen molar-refractivity contribution in [3.05, 3.63) is 33.4 Å². The topological polar surface area (TPSA) is 49.3 Å². The highest BCUT2D eigenvalue weighted by Crippen LogP contribution is 2.26. The second-order valence-corrected chi connectivity index (χ2v) is 6.58. The van der Waals surface area contributed by atoms with Crippen molar-refractivity contribution < 1.29 is 9.90 Å². The normalized spacial score (nSPS) is 18.6. The van der Waals surface area contributed by atoms with Crippen LogP contribution in [-0.4, -0.2) is 23.2 Å². The molecule has 4 heteroatoms. The van der Waals surface area contributed by atoms with Crippen LogP contribution in [0.3, 0.4) is 0 Å². The van der Waals surface area contributed by atoms with E-state index in [-0.39, 0.29) is 5.91 Å². The number of halogens is 1. The first-order chi connectivity index (χ1) is 9.09. The fourth-order valence-corrected chi connectivity index (χ4v) is 3.08. The van der Waals surface area contributed by atoms with Crippen LogP contribution in [-0.2, 0) is 0 Å². The third-order valence-electron chi connectivity index (χ3n) is 3.70. The minimum absolute atomic E-state index is 0.101. The van der Waals surface area contributed by atoms with Crippen LogP contribution in [0.4, 0.5) is 0 Å². The van der Waals surface area contributed by atoms with Gasteiger partial charge in [-0.15, -0.1) is 0 Å². The van der Waals surface area contributed by atoms with Crippen LogP contribution in [0.2, 0.25) is 0 Å². The first-order valence-electron chi connectivity index (χ1n) is 6.85. The second kappa shape index (κ2) is 6.70. The monoisotopic (exact) mass is 373 g/mol. The molecule has 2 rings (SSSR count). The maximum absolute atomic E-state index is 12.0. The SMILES string of the molecule is O=C(NCC1(O)CCCCCC1)c1cccc(I)c1. The summed E-state index contributed by atoms with van der Waals surface area (Å²) in [5.41, 5.74) is -0.0576. The predicted octanol–water partition coefficient (Wildman–Crippen LogP) is 3.11. The van der Waals surface area contributed by atoms with Gasteiger partial charge < -0.3 is 10.4 Å². The first kappa shape index (κ1) is 14.8. The lowest BCUT2D eigenvalue weighted by molar-refractivity contribution is 0.0246. The largest absolute Gasteiger partial charge is 0.388 e. The van der Waals surface area contributed by atoms with Gasteiger partial charge in [0, 0.05) is 15.7 Å². The molecule has 1 aromatic carbocycles. The van der Waals surface area contributed by atoms with E-state index in [9.17, 15) is 9.90 Å². The summed E-state index contributed by atoms with van der Waals surface area (Å²) in [5, 5.41) is 13.4. The number of nitrogens with one attached hydrogen (secondary N) is 1. The van der Waals surface area contributed by atoms with Crippen molar-refractivity contribution >= 4 is 28.5 Å². The van der Waals surface area contributed by atoms with E-state index in [1.54, 1.807) is 6.07 Å². The lowest BCUT2D eigenvalue weighted by atomic mass is 9.94. The summed E-state index contributed by atoms with van der Waals surface area (Å²) in [6.07, 6.45) is 6.06. The molecular weight excluding hydrogens is 353 g/mol. The molecule has 0 aromatic heterocycles. The lowest BCUT2D eigenvalue weighted by Gasteiger charge is -2.26. The Hall–Kier alpha value is -0.620. The van der Waals surface area contributed by atoms with Crippen molar-refractivity contribution in [3.63, 3.8) is 0 Å². The number of aliphatic hydroxyl groups is 1. The van der Waals surface area contributed by atoms with Gasteiger partial charge in [-0.25, -0.2) is 0 Å². The number of carbonyl (C=O) groups excluding carboxylic acids is 1. The van der Waals surface area contributed by atoms with Crippen molar-refractivity contribution in [3.8, 4) is 0 Å². The van der Waals surface area contributed by atoms with Crippen LogP contribution >= 0.6 is 22.6 Å². The summed E-state index contributed by atoms with van der Waals surface area (Å²) in [6.45, 7) is 0.358. The molecule has 2 N–H and O–H groups in total. The van der Waals surface area contributed by atoms with E-state index in [1.807, 2.05) is 18.2 Å². The van der Waals surface area contributed by atoms with Crippen molar-refractivity contribution in [2.24, 2.45) is 0 Å². The molecule has 0 spiro atoms. The van der Waals surface area contributed by atoms with Gasteiger partial charge in [0.2, 0.25) is 0 Å². The standard InChI is InChI=1S/C15H20INO2/c16-13-7-5-6-12(10-13)14(18)17-11-15(19)8-3-1-2-4-9-15/h5-7,10,19H,1-4,8-9,11H2,(H,17,18). The summed E-state index contributed by atoms with van der Waals surface area (Å²) in [7, 11) is 0. The number of benzene rings is 1. The van der Waals surface area contributed by atoms with Gasteiger partial charge in [0.1, 0.15) is 0 Å². The van der Waals surface area contributed by atoms with Gasteiger partial charge in [-0.2, -0.15) is 0 Å². The molecule has 19 heavy (non-hydrogen) atoms. The zero-order valence-corrected chi connectivity index (χ0v) is 13.2. The zero-order valence-electron chi connectivity index (χ0n) is 11.0. The van der Waals surface area contributed by atoms with Gasteiger partial charge in [-0.1, -0.05) is 31.7 Å². The molecule has 1 saturated carbocycles. The molecule has 1 fully saturated rings. The van der Waals surface area contributed by atoms with E-state index in [0.29, 0.717) is 12.1 Å². The Morgan fingerprint density at radius 1 is 1.26 bits per heavy atom. The molecule has 0 heterocycles. The molecule has 1 aromatic rings. The van der Waals surface area contributed by atoms with E-state index < -0.39 is 5.60 Å². The average molecular weight is 373 g/mol. The Bertz CT molecular complexity index is 440. The van der Waals surface area contributed by atoms with Gasteiger partial charge >= 0.3 is 0 Å². The van der Waals surface area contributed by atoms with Crippen LogP contribution in [0.5, 0.6) is 0 Å². The van der Waals surface area contributed by atoms with E-state index in [0.717, 1.165) is 29.3 Å². The molecule has 1 aliphatic rings. The van der Waals surface area contributed by atoms with E-state index in [1.165, 1.54) is 12.8 Å². The quantitative estimate of drug-likeness (QED) is 0.632. The molecule has 0 atom stereocenters. The van der Waals surface area contributed by atoms with E-state index >= 15 is 0 Å². The van der Waals surface area contributed by atoms with Gasteiger partial charge in [0.25, 0.3) is 5.91 Å². The molecule has 0 bridgehead atoms. The Labute approximate surface area is 127 Å². The van der Waals surface area contributed by atoms with Crippen molar-refractivity contribution in [2.45, 2.75) is 44.1 Å². The molecular formula is C15H20INO2. The van der Waals surface area contributed by atoms with Crippen LogP contribution in [0.1, 0.15) is 48.9 Å². The number of rotatable bonds is 3. The minimum atomic E-state index is -0.714. The van der Waals surface area contributed by atoms with E-state index in [2.05, 4.69) is 27.9 Å². The zero-order chi connectivity index (χ0) is 13.7. The van der Waals surface area contributed by atoms with Crippen LogP contribution in [0.25, 0.3) is 0 Å². The smallest absolute Gasteiger partial charge is 0.251 e. The highest BCUT2D eigenvalue weighted by molar-refractivity contribution is 14.1. The summed E-state index contributed by atoms with van der Waals surface area (Å²) in [4.78, 5) is 12.0. The van der Waals surface area contributed by atoms with Crippen molar-refractivity contribution in [1.29, 1.82) is 0 Å². The van der Waals surface area contributed by atoms with Crippen LogP contribution in [0, 0.1) is 3.57 Å². The average Bonchev–Trinajstić information content (AvgIpc) is 2.61. The lowest BCUT2D eigenvalue weighted by Crippen LogP contribution is -2.42. The Morgan fingerprint density at radius 3 is 2.58 bits per heavy atom. The molecule has 1 aliphatic carbocycles. The van der Waals surface area contributed by atoms with Crippen LogP contribution < -0.4 is 5.32 Å². The maximum atomic E-state index is 12.0. The Morgan fingerprint density at radius 2 is 1.95 bits per heavy atom. The molecule has 0 saturated heterocycles. The van der Waals surface area contributed by atoms with Gasteiger partial charge in [-0.3, -0.25) is 4.79 Å². The third-order valence-corrected chi connectivity index (χ3v) is 4.37. The summed E-state index contributed by atoms with van der Waals surface area (Å²) in [6, 6.07) is 7.48. The molecule has 0 unspecified atom stereocenters. The molecule has 0 aliphatic heterocycles. The number of hydrogen-bond acceptors (Lipinski definition) is 2. The second-order valence-electron chi connectivity index (χ2n) is 5.33. The highest BCUT2D eigenvalue weighted by atomic mass is 127. The summed E-state index contributed by atoms with van der Waals surface area (Å²) in [5.74, 6) is -0.101. The number of carbonyl (C=O) groups is 1. The first-order valence-corrected chi connectivity index (χ1v) is 7.93. The molecule has 104 valence electrons. The summed E-state index contributed by atoms with van der Waals surface area (Å²) >= 11 is 2.19. The van der Waals surface area contributed by atoms with Crippen LogP contribution in [0.15, 0.2) is 24.3 Å². The summed E-state index contributed by atoms with van der Waals surface area (Å²) < 4.78 is 1.04.